The predicted molar refractivity (Wildman–Crippen MR) is 110 cm³/mol. The Labute approximate surface area is 174 Å². The minimum absolute atomic E-state index is 0.155. The van der Waals surface area contributed by atoms with Crippen molar-refractivity contribution < 1.29 is 18.7 Å². The van der Waals surface area contributed by atoms with Crippen LogP contribution in [0.2, 0.25) is 0 Å². The second-order valence-electron chi connectivity index (χ2n) is 6.65. The molecule has 0 saturated carbocycles. The Morgan fingerprint density at radius 3 is 2.27 bits per heavy atom. The summed E-state index contributed by atoms with van der Waals surface area (Å²) in [4.78, 5) is 14.5. The lowest BCUT2D eigenvalue weighted by molar-refractivity contribution is -0.134. The molecule has 0 radical (unpaired) electrons. The molecule has 0 atom stereocenters. The fourth-order valence-corrected chi connectivity index (χ4v) is 2.90. The molecule has 0 aliphatic heterocycles. The first-order chi connectivity index (χ1) is 14.6. The zero-order valence-electron chi connectivity index (χ0n) is 16.5. The first-order valence-electron chi connectivity index (χ1n) is 9.35. The summed E-state index contributed by atoms with van der Waals surface area (Å²) in [6.45, 7) is 0.396. The molecule has 0 saturated heterocycles. The van der Waals surface area contributed by atoms with Crippen LogP contribution >= 0.6 is 0 Å². The maximum atomic E-state index is 13.6. The molecule has 30 heavy (non-hydrogen) atoms. The van der Waals surface area contributed by atoms with E-state index in [2.05, 4.69) is 6.07 Å². The van der Waals surface area contributed by atoms with Crippen molar-refractivity contribution in [3.8, 4) is 17.6 Å². The normalized spacial score (nSPS) is 10.2. The molecule has 0 aliphatic carbocycles. The molecular formula is C24H21FN2O3. The van der Waals surface area contributed by atoms with Gasteiger partial charge in [0.05, 0.1) is 18.7 Å². The lowest BCUT2D eigenvalue weighted by Crippen LogP contribution is -2.34. The minimum Gasteiger partial charge on any atom is -0.497 e. The molecule has 0 spiro atoms. The van der Waals surface area contributed by atoms with Crippen molar-refractivity contribution in [2.75, 3.05) is 13.7 Å². The van der Waals surface area contributed by atoms with Crippen molar-refractivity contribution in [1.29, 1.82) is 5.26 Å². The largest absolute Gasteiger partial charge is 0.497 e. The number of hydrogen-bond donors (Lipinski definition) is 0. The highest BCUT2D eigenvalue weighted by atomic mass is 19.1. The van der Waals surface area contributed by atoms with E-state index in [-0.39, 0.29) is 24.9 Å². The summed E-state index contributed by atoms with van der Waals surface area (Å²) in [5.74, 6) is 0.655. The second-order valence-corrected chi connectivity index (χ2v) is 6.65. The van der Waals surface area contributed by atoms with Gasteiger partial charge in [-0.1, -0.05) is 24.3 Å². The summed E-state index contributed by atoms with van der Waals surface area (Å²) >= 11 is 0. The molecule has 3 aromatic rings. The summed E-state index contributed by atoms with van der Waals surface area (Å²) in [5.41, 5.74) is 2.09. The van der Waals surface area contributed by atoms with Crippen molar-refractivity contribution >= 4 is 5.91 Å². The van der Waals surface area contributed by atoms with Crippen LogP contribution < -0.4 is 9.47 Å². The van der Waals surface area contributed by atoms with Crippen LogP contribution in [0.5, 0.6) is 11.5 Å². The maximum Gasteiger partial charge on any atom is 0.261 e. The van der Waals surface area contributed by atoms with Gasteiger partial charge in [0.15, 0.2) is 6.61 Å². The Morgan fingerprint density at radius 2 is 1.63 bits per heavy atom. The molecule has 0 fully saturated rings. The van der Waals surface area contributed by atoms with Gasteiger partial charge in [-0.3, -0.25) is 4.79 Å². The molecule has 6 heteroatoms. The first kappa shape index (κ1) is 20.9. The summed E-state index contributed by atoms with van der Waals surface area (Å²) in [6, 6.07) is 22.2. The molecule has 1 amide bonds. The number of amides is 1. The monoisotopic (exact) mass is 404 g/mol. The second kappa shape index (κ2) is 10.1. The van der Waals surface area contributed by atoms with Gasteiger partial charge in [-0.25, -0.2) is 4.39 Å². The average molecular weight is 404 g/mol. The summed E-state index contributed by atoms with van der Waals surface area (Å²) < 4.78 is 24.3. The molecular weight excluding hydrogens is 383 g/mol. The number of hydrogen-bond acceptors (Lipinski definition) is 4. The SMILES string of the molecule is COc1ccc(OCC(=O)N(Cc2ccc(C#N)cc2)Cc2cccc(F)c2)cc1. The zero-order chi connectivity index (χ0) is 21.3. The number of halogens is 1. The van der Waals surface area contributed by atoms with Gasteiger partial charge in [0, 0.05) is 13.1 Å². The van der Waals surface area contributed by atoms with E-state index in [1.165, 1.54) is 12.1 Å². The maximum absolute atomic E-state index is 13.6. The topological polar surface area (TPSA) is 62.6 Å². The van der Waals surface area contributed by atoms with Gasteiger partial charge in [0.2, 0.25) is 0 Å². The fourth-order valence-electron chi connectivity index (χ4n) is 2.90. The third kappa shape index (κ3) is 5.82. The van der Waals surface area contributed by atoms with Gasteiger partial charge in [-0.15, -0.1) is 0 Å². The predicted octanol–water partition coefficient (Wildman–Crippen LogP) is 4.31. The number of nitriles is 1. The molecule has 3 aromatic carbocycles. The third-order valence-electron chi connectivity index (χ3n) is 4.49. The van der Waals surface area contributed by atoms with Crippen LogP contribution in [0.15, 0.2) is 72.8 Å². The van der Waals surface area contributed by atoms with Crippen LogP contribution in [-0.2, 0) is 17.9 Å². The van der Waals surface area contributed by atoms with Crippen LogP contribution in [-0.4, -0.2) is 24.5 Å². The highest BCUT2D eigenvalue weighted by Crippen LogP contribution is 2.18. The fraction of sp³-hybridized carbons (Fsp3) is 0.167. The van der Waals surface area contributed by atoms with E-state index in [1.807, 2.05) is 0 Å². The van der Waals surface area contributed by atoms with E-state index in [1.54, 1.807) is 72.7 Å². The lowest BCUT2D eigenvalue weighted by Gasteiger charge is -2.23. The lowest BCUT2D eigenvalue weighted by atomic mass is 10.1. The molecule has 0 unspecified atom stereocenters. The van der Waals surface area contributed by atoms with Crippen molar-refractivity contribution in [3.63, 3.8) is 0 Å². The van der Waals surface area contributed by atoms with Crippen LogP contribution in [0.3, 0.4) is 0 Å². The quantitative estimate of drug-likeness (QED) is 0.561. The highest BCUT2D eigenvalue weighted by molar-refractivity contribution is 5.77. The standard InChI is InChI=1S/C24H21FN2O3/c1-29-22-9-11-23(12-10-22)30-17-24(28)27(16-20-3-2-4-21(25)13-20)15-19-7-5-18(14-26)6-8-19/h2-13H,15-17H2,1H3. The van der Waals surface area contributed by atoms with E-state index >= 15 is 0 Å². The van der Waals surface area contributed by atoms with Crippen molar-refractivity contribution in [2.24, 2.45) is 0 Å². The van der Waals surface area contributed by atoms with Crippen molar-refractivity contribution in [3.05, 3.63) is 95.3 Å². The van der Waals surface area contributed by atoms with Gasteiger partial charge in [0.25, 0.3) is 5.91 Å². The van der Waals surface area contributed by atoms with Gasteiger partial charge in [-0.05, 0) is 59.7 Å². The Morgan fingerprint density at radius 1 is 0.967 bits per heavy atom. The van der Waals surface area contributed by atoms with Crippen LogP contribution in [0, 0.1) is 17.1 Å². The van der Waals surface area contributed by atoms with E-state index in [4.69, 9.17) is 14.7 Å². The number of rotatable bonds is 8. The molecule has 0 bridgehead atoms. The van der Waals surface area contributed by atoms with Gasteiger partial charge < -0.3 is 14.4 Å². The van der Waals surface area contributed by atoms with Gasteiger partial charge in [-0.2, -0.15) is 5.26 Å². The molecule has 3 rings (SSSR count). The highest BCUT2D eigenvalue weighted by Gasteiger charge is 2.16. The number of nitrogens with zero attached hydrogens (tertiary/aromatic N) is 2. The number of ether oxygens (including phenoxy) is 2. The van der Waals surface area contributed by atoms with Crippen LogP contribution in [0.1, 0.15) is 16.7 Å². The Balaban J connectivity index is 1.72. The smallest absolute Gasteiger partial charge is 0.261 e. The van der Waals surface area contributed by atoms with Gasteiger partial charge in [0.1, 0.15) is 17.3 Å². The molecule has 152 valence electrons. The zero-order valence-corrected chi connectivity index (χ0v) is 16.5. The molecule has 0 aliphatic rings. The first-order valence-corrected chi connectivity index (χ1v) is 9.35. The molecule has 0 heterocycles. The third-order valence-corrected chi connectivity index (χ3v) is 4.49. The Hall–Kier alpha value is -3.85. The van der Waals surface area contributed by atoms with Crippen LogP contribution in [0.25, 0.3) is 0 Å². The molecule has 0 aromatic heterocycles. The van der Waals surface area contributed by atoms with E-state index in [0.717, 1.165) is 5.56 Å². The van der Waals surface area contributed by atoms with E-state index in [9.17, 15) is 9.18 Å². The van der Waals surface area contributed by atoms with Gasteiger partial charge >= 0.3 is 0 Å². The van der Waals surface area contributed by atoms with Crippen molar-refractivity contribution in [2.45, 2.75) is 13.1 Å². The van der Waals surface area contributed by atoms with Crippen LogP contribution in [0.4, 0.5) is 4.39 Å². The number of carbonyl (C=O) groups is 1. The average Bonchev–Trinajstić information content (AvgIpc) is 2.78. The number of carbonyl (C=O) groups excluding carboxylic acids is 1. The molecule has 5 nitrogen and oxygen atoms in total. The number of benzene rings is 3. The minimum atomic E-state index is -0.354. The Kier molecular flexibility index (Phi) is 7.01. The van der Waals surface area contributed by atoms with E-state index < -0.39 is 0 Å². The summed E-state index contributed by atoms with van der Waals surface area (Å²) in [6.07, 6.45) is 0. The number of methoxy groups -OCH3 is 1. The summed E-state index contributed by atoms with van der Waals surface area (Å²) in [7, 11) is 1.58. The summed E-state index contributed by atoms with van der Waals surface area (Å²) in [5, 5.41) is 8.96. The molecule has 0 N–H and O–H groups in total. The Bertz CT molecular complexity index is 1030. The van der Waals surface area contributed by atoms with Crippen molar-refractivity contribution in [1.82, 2.24) is 4.90 Å². The van der Waals surface area contributed by atoms with E-state index in [0.29, 0.717) is 29.2 Å².